The van der Waals surface area contributed by atoms with Crippen LogP contribution in [-0.2, 0) is 4.79 Å². The Morgan fingerprint density at radius 1 is 1.08 bits per heavy atom. The fourth-order valence-corrected chi connectivity index (χ4v) is 2.38. The normalized spacial score (nSPS) is 10.8. The van der Waals surface area contributed by atoms with Crippen LogP contribution in [0.15, 0.2) is 47.6 Å². The van der Waals surface area contributed by atoms with Gasteiger partial charge in [-0.05, 0) is 41.3 Å². The molecule has 0 radical (unpaired) electrons. The van der Waals surface area contributed by atoms with Crippen molar-refractivity contribution in [3.8, 4) is 17.2 Å². The van der Waals surface area contributed by atoms with Gasteiger partial charge in [-0.2, -0.15) is 5.10 Å². The Morgan fingerprint density at radius 2 is 1.81 bits per heavy atom. The molecule has 0 saturated carbocycles. The third-order valence-corrected chi connectivity index (χ3v) is 3.71. The van der Waals surface area contributed by atoms with Crippen molar-refractivity contribution in [1.82, 2.24) is 5.43 Å². The first-order valence-corrected chi connectivity index (χ1v) is 8.30. The number of ether oxygens (including phenoxy) is 3. The smallest absolute Gasteiger partial charge is 0.277 e. The zero-order valence-electron chi connectivity index (χ0n) is 15.5. The van der Waals surface area contributed by atoms with Crippen molar-refractivity contribution in [3.05, 3.63) is 53.6 Å². The third-order valence-electron chi connectivity index (χ3n) is 3.71. The van der Waals surface area contributed by atoms with Crippen LogP contribution >= 0.6 is 0 Å². The van der Waals surface area contributed by atoms with Crippen LogP contribution in [0.25, 0.3) is 0 Å². The first-order valence-electron chi connectivity index (χ1n) is 8.30. The standard InChI is InChI=1S/C20H24N2O4/c1-14(2)16-7-5-6-8-17(16)26-13-20(23)22-21-12-15-9-10-18(24-3)19(11-15)25-4/h5-12,14H,13H2,1-4H3,(H,22,23). The molecule has 0 aliphatic carbocycles. The molecule has 0 aromatic heterocycles. The van der Waals surface area contributed by atoms with Gasteiger partial charge in [0.05, 0.1) is 20.4 Å². The third kappa shape index (κ3) is 5.24. The summed E-state index contributed by atoms with van der Waals surface area (Å²) in [5.41, 5.74) is 4.29. The lowest BCUT2D eigenvalue weighted by molar-refractivity contribution is -0.123. The van der Waals surface area contributed by atoms with E-state index in [1.165, 1.54) is 6.21 Å². The van der Waals surface area contributed by atoms with E-state index in [0.29, 0.717) is 23.2 Å². The van der Waals surface area contributed by atoms with Gasteiger partial charge in [-0.1, -0.05) is 32.0 Å². The first-order chi connectivity index (χ1) is 12.5. The van der Waals surface area contributed by atoms with Crippen LogP contribution in [0.3, 0.4) is 0 Å². The Hall–Kier alpha value is -3.02. The summed E-state index contributed by atoms with van der Waals surface area (Å²) in [7, 11) is 3.14. The minimum absolute atomic E-state index is 0.104. The maximum atomic E-state index is 11.9. The predicted molar refractivity (Wildman–Crippen MR) is 101 cm³/mol. The highest BCUT2D eigenvalue weighted by atomic mass is 16.5. The molecule has 6 heteroatoms. The number of nitrogens with zero attached hydrogens (tertiary/aromatic N) is 1. The summed E-state index contributed by atoms with van der Waals surface area (Å²) in [5, 5.41) is 3.94. The van der Waals surface area contributed by atoms with E-state index < -0.39 is 0 Å². The van der Waals surface area contributed by atoms with Crippen LogP contribution < -0.4 is 19.6 Å². The molecule has 0 saturated heterocycles. The summed E-state index contributed by atoms with van der Waals surface area (Å²) < 4.78 is 16.0. The first kappa shape index (κ1) is 19.3. The fraction of sp³-hybridized carbons (Fsp3) is 0.300. The van der Waals surface area contributed by atoms with Crippen molar-refractivity contribution in [1.29, 1.82) is 0 Å². The Bertz CT molecular complexity index is 772. The van der Waals surface area contributed by atoms with E-state index in [2.05, 4.69) is 24.4 Å². The van der Waals surface area contributed by atoms with Gasteiger partial charge >= 0.3 is 0 Å². The Balaban J connectivity index is 1.90. The van der Waals surface area contributed by atoms with Crippen molar-refractivity contribution in [2.45, 2.75) is 19.8 Å². The van der Waals surface area contributed by atoms with Gasteiger partial charge in [0.15, 0.2) is 18.1 Å². The van der Waals surface area contributed by atoms with Gasteiger partial charge in [-0.25, -0.2) is 5.43 Å². The molecule has 0 bridgehead atoms. The van der Waals surface area contributed by atoms with Crippen LogP contribution in [0.4, 0.5) is 0 Å². The van der Waals surface area contributed by atoms with Gasteiger partial charge < -0.3 is 14.2 Å². The maximum Gasteiger partial charge on any atom is 0.277 e. The van der Waals surface area contributed by atoms with E-state index >= 15 is 0 Å². The topological polar surface area (TPSA) is 69.2 Å². The number of carbonyl (C=O) groups excluding carboxylic acids is 1. The number of hydrogen-bond donors (Lipinski definition) is 1. The van der Waals surface area contributed by atoms with Crippen molar-refractivity contribution < 1.29 is 19.0 Å². The number of nitrogens with one attached hydrogen (secondary N) is 1. The van der Waals surface area contributed by atoms with Gasteiger partial charge in [0, 0.05) is 0 Å². The molecular weight excluding hydrogens is 332 g/mol. The molecule has 0 atom stereocenters. The average molecular weight is 356 g/mol. The molecule has 0 heterocycles. The molecule has 2 aromatic rings. The molecule has 0 aliphatic heterocycles. The second kappa shape index (κ2) is 9.46. The lowest BCUT2D eigenvalue weighted by atomic mass is 10.0. The molecule has 0 fully saturated rings. The Labute approximate surface area is 153 Å². The number of methoxy groups -OCH3 is 2. The highest BCUT2D eigenvalue weighted by molar-refractivity contribution is 5.83. The van der Waals surface area contributed by atoms with Crippen molar-refractivity contribution in [2.24, 2.45) is 5.10 Å². The zero-order valence-corrected chi connectivity index (χ0v) is 15.5. The molecule has 0 spiro atoms. The van der Waals surface area contributed by atoms with Crippen LogP contribution in [0.1, 0.15) is 30.9 Å². The number of hydrazone groups is 1. The van der Waals surface area contributed by atoms with Gasteiger partial charge in [0.25, 0.3) is 5.91 Å². The number of carbonyl (C=O) groups is 1. The summed E-state index contributed by atoms with van der Waals surface area (Å²) in [6, 6.07) is 13.0. The highest BCUT2D eigenvalue weighted by Gasteiger charge is 2.09. The van der Waals surface area contributed by atoms with E-state index in [9.17, 15) is 4.79 Å². The molecule has 1 N–H and O–H groups in total. The largest absolute Gasteiger partial charge is 0.493 e. The Morgan fingerprint density at radius 3 is 2.50 bits per heavy atom. The predicted octanol–water partition coefficient (Wildman–Crippen LogP) is 3.36. The zero-order chi connectivity index (χ0) is 18.9. The molecule has 26 heavy (non-hydrogen) atoms. The number of amides is 1. The van der Waals surface area contributed by atoms with E-state index in [4.69, 9.17) is 14.2 Å². The average Bonchev–Trinajstić information content (AvgIpc) is 2.66. The minimum atomic E-state index is -0.333. The molecule has 1 amide bonds. The van der Waals surface area contributed by atoms with Crippen molar-refractivity contribution >= 4 is 12.1 Å². The lowest BCUT2D eigenvalue weighted by Gasteiger charge is -2.13. The summed E-state index contributed by atoms with van der Waals surface area (Å²) >= 11 is 0. The molecular formula is C20H24N2O4. The van der Waals surface area contributed by atoms with E-state index in [1.54, 1.807) is 26.4 Å². The lowest BCUT2D eigenvalue weighted by Crippen LogP contribution is -2.24. The van der Waals surface area contributed by atoms with Crippen LogP contribution in [-0.4, -0.2) is 32.9 Å². The highest BCUT2D eigenvalue weighted by Crippen LogP contribution is 2.27. The SMILES string of the molecule is COc1ccc(C=NNC(=O)COc2ccccc2C(C)C)cc1OC. The van der Waals surface area contributed by atoms with Crippen molar-refractivity contribution in [3.63, 3.8) is 0 Å². The summed E-state index contributed by atoms with van der Waals surface area (Å²) in [4.78, 5) is 11.9. The molecule has 0 aliphatic rings. The molecule has 138 valence electrons. The summed E-state index contributed by atoms with van der Waals surface area (Å²) in [6.45, 7) is 4.05. The van der Waals surface area contributed by atoms with Crippen LogP contribution in [0, 0.1) is 0 Å². The van der Waals surface area contributed by atoms with E-state index in [0.717, 1.165) is 11.1 Å². The molecule has 2 aromatic carbocycles. The fourth-order valence-electron chi connectivity index (χ4n) is 2.38. The number of benzene rings is 2. The maximum absolute atomic E-state index is 11.9. The number of hydrogen-bond acceptors (Lipinski definition) is 5. The molecule has 2 rings (SSSR count). The quantitative estimate of drug-likeness (QED) is 0.582. The van der Waals surface area contributed by atoms with E-state index in [1.807, 2.05) is 30.3 Å². The second-order valence-electron chi connectivity index (χ2n) is 5.89. The van der Waals surface area contributed by atoms with Gasteiger partial charge in [-0.3, -0.25) is 4.79 Å². The number of para-hydroxylation sites is 1. The Kier molecular flexibility index (Phi) is 7.02. The molecule has 0 unspecified atom stereocenters. The molecule has 6 nitrogen and oxygen atoms in total. The monoisotopic (exact) mass is 356 g/mol. The van der Waals surface area contributed by atoms with Gasteiger partial charge in [0.2, 0.25) is 0 Å². The number of rotatable bonds is 8. The van der Waals surface area contributed by atoms with Crippen LogP contribution in [0.5, 0.6) is 17.2 Å². The van der Waals surface area contributed by atoms with Gasteiger partial charge in [0.1, 0.15) is 5.75 Å². The van der Waals surface area contributed by atoms with Crippen molar-refractivity contribution in [2.75, 3.05) is 20.8 Å². The van der Waals surface area contributed by atoms with Crippen LogP contribution in [0.2, 0.25) is 0 Å². The minimum Gasteiger partial charge on any atom is -0.493 e. The summed E-state index contributed by atoms with van der Waals surface area (Å²) in [5.74, 6) is 1.92. The van der Waals surface area contributed by atoms with E-state index in [-0.39, 0.29) is 12.5 Å². The second-order valence-corrected chi connectivity index (χ2v) is 5.89. The van der Waals surface area contributed by atoms with Gasteiger partial charge in [-0.15, -0.1) is 0 Å². The summed E-state index contributed by atoms with van der Waals surface area (Å²) in [6.07, 6.45) is 1.53.